The van der Waals surface area contributed by atoms with Gasteiger partial charge in [0.25, 0.3) is 0 Å². The van der Waals surface area contributed by atoms with E-state index in [1.165, 1.54) is 51.4 Å². The van der Waals surface area contributed by atoms with Crippen molar-refractivity contribution < 1.29 is 0 Å². The van der Waals surface area contributed by atoms with E-state index in [2.05, 4.69) is 52.7 Å². The molecule has 1 unspecified atom stereocenters. The average molecular weight is 315 g/mol. The second-order valence-corrected chi connectivity index (χ2v) is 6.31. The Hall–Kier alpha value is -0.310. The fraction of sp³-hybridized carbons (Fsp3) is 0.800. The molecule has 18 heavy (non-hydrogen) atoms. The van der Waals surface area contributed by atoms with Gasteiger partial charge < -0.3 is 0 Å². The summed E-state index contributed by atoms with van der Waals surface area (Å²) in [5, 5.41) is 4.57. The fourth-order valence-electron chi connectivity index (χ4n) is 2.45. The molecule has 0 spiro atoms. The van der Waals surface area contributed by atoms with Gasteiger partial charge in [0, 0.05) is 6.20 Å². The number of halogens is 1. The van der Waals surface area contributed by atoms with Crippen molar-refractivity contribution in [3.63, 3.8) is 0 Å². The van der Waals surface area contributed by atoms with E-state index in [0.717, 1.165) is 4.60 Å². The molecule has 3 heteroatoms. The van der Waals surface area contributed by atoms with Crippen LogP contribution in [0.4, 0.5) is 0 Å². The summed E-state index contributed by atoms with van der Waals surface area (Å²) < 4.78 is 3.11. The third-order valence-electron chi connectivity index (χ3n) is 3.75. The number of aromatic nitrogens is 2. The quantitative estimate of drug-likeness (QED) is 0.548. The predicted octanol–water partition coefficient (Wildman–Crippen LogP) is 5.52. The van der Waals surface area contributed by atoms with Crippen LogP contribution in [0.25, 0.3) is 0 Å². The Morgan fingerprint density at radius 2 is 1.78 bits per heavy atom. The molecule has 0 aromatic carbocycles. The summed E-state index contributed by atoms with van der Waals surface area (Å²) in [5.74, 6) is 0. The van der Waals surface area contributed by atoms with Crippen molar-refractivity contribution in [2.45, 2.75) is 77.7 Å². The van der Waals surface area contributed by atoms with E-state index >= 15 is 0 Å². The zero-order chi connectivity index (χ0) is 13.4. The van der Waals surface area contributed by atoms with Gasteiger partial charge in [0.05, 0.1) is 5.54 Å². The molecule has 1 atom stereocenters. The first kappa shape index (κ1) is 15.7. The van der Waals surface area contributed by atoms with Gasteiger partial charge >= 0.3 is 0 Å². The highest BCUT2D eigenvalue weighted by atomic mass is 79.9. The molecule has 0 bridgehead atoms. The van der Waals surface area contributed by atoms with Crippen molar-refractivity contribution in [1.82, 2.24) is 9.78 Å². The van der Waals surface area contributed by atoms with Crippen molar-refractivity contribution in [1.29, 1.82) is 0 Å². The fourth-order valence-corrected chi connectivity index (χ4v) is 2.74. The van der Waals surface area contributed by atoms with Gasteiger partial charge in [-0.3, -0.25) is 4.68 Å². The summed E-state index contributed by atoms with van der Waals surface area (Å²) in [6.45, 7) is 6.88. The van der Waals surface area contributed by atoms with Gasteiger partial charge in [0.2, 0.25) is 0 Å². The summed E-state index contributed by atoms with van der Waals surface area (Å²) in [7, 11) is 0. The van der Waals surface area contributed by atoms with E-state index in [1.54, 1.807) is 0 Å². The van der Waals surface area contributed by atoms with Gasteiger partial charge in [0.15, 0.2) is 0 Å². The van der Waals surface area contributed by atoms with Crippen LogP contribution in [0.5, 0.6) is 0 Å². The predicted molar refractivity (Wildman–Crippen MR) is 81.9 cm³/mol. The highest BCUT2D eigenvalue weighted by Gasteiger charge is 2.26. The maximum Gasteiger partial charge on any atom is 0.128 e. The molecule has 104 valence electrons. The van der Waals surface area contributed by atoms with E-state index in [4.69, 9.17) is 0 Å². The van der Waals surface area contributed by atoms with Crippen LogP contribution in [0.2, 0.25) is 0 Å². The van der Waals surface area contributed by atoms with E-state index in [-0.39, 0.29) is 5.54 Å². The maximum atomic E-state index is 4.57. The Morgan fingerprint density at radius 3 is 2.33 bits per heavy atom. The van der Waals surface area contributed by atoms with Gasteiger partial charge in [-0.05, 0) is 41.8 Å². The highest BCUT2D eigenvalue weighted by molar-refractivity contribution is 9.10. The molecule has 0 saturated carbocycles. The lowest BCUT2D eigenvalue weighted by Gasteiger charge is -2.30. The Morgan fingerprint density at radius 1 is 1.11 bits per heavy atom. The van der Waals surface area contributed by atoms with Crippen LogP contribution in [0.1, 0.15) is 72.1 Å². The summed E-state index contributed by atoms with van der Waals surface area (Å²) in [6, 6.07) is 2.04. The number of nitrogens with zero attached hydrogens (tertiary/aromatic N) is 2. The van der Waals surface area contributed by atoms with Crippen molar-refractivity contribution in [2.75, 3.05) is 0 Å². The van der Waals surface area contributed by atoms with Crippen LogP contribution in [0.15, 0.2) is 16.9 Å². The molecule has 0 aliphatic heterocycles. The largest absolute Gasteiger partial charge is 0.266 e. The lowest BCUT2D eigenvalue weighted by molar-refractivity contribution is 0.228. The Labute approximate surface area is 120 Å². The zero-order valence-electron chi connectivity index (χ0n) is 12.1. The first-order valence-electron chi connectivity index (χ1n) is 7.34. The lowest BCUT2D eigenvalue weighted by atomic mass is 9.89. The zero-order valence-corrected chi connectivity index (χ0v) is 13.7. The van der Waals surface area contributed by atoms with Crippen LogP contribution in [0, 0.1) is 0 Å². The van der Waals surface area contributed by atoms with Gasteiger partial charge in [-0.1, -0.05) is 52.4 Å². The van der Waals surface area contributed by atoms with Gasteiger partial charge in [-0.25, -0.2) is 0 Å². The minimum Gasteiger partial charge on any atom is -0.266 e. The van der Waals surface area contributed by atoms with E-state index in [9.17, 15) is 0 Å². The van der Waals surface area contributed by atoms with Crippen LogP contribution in [-0.2, 0) is 5.54 Å². The second-order valence-electron chi connectivity index (χ2n) is 5.49. The molecule has 2 nitrogen and oxygen atoms in total. The van der Waals surface area contributed by atoms with Crippen LogP contribution < -0.4 is 0 Å². The van der Waals surface area contributed by atoms with E-state index in [1.807, 2.05) is 6.07 Å². The van der Waals surface area contributed by atoms with Crippen molar-refractivity contribution in [3.05, 3.63) is 16.9 Å². The maximum absolute atomic E-state index is 4.57. The third-order valence-corrected chi connectivity index (χ3v) is 4.17. The minimum absolute atomic E-state index is 0.190. The van der Waals surface area contributed by atoms with Crippen LogP contribution in [-0.4, -0.2) is 9.78 Å². The molecule has 1 heterocycles. The number of hydrogen-bond acceptors (Lipinski definition) is 1. The molecular weight excluding hydrogens is 288 g/mol. The van der Waals surface area contributed by atoms with E-state index < -0.39 is 0 Å². The van der Waals surface area contributed by atoms with E-state index in [0.29, 0.717) is 0 Å². The summed E-state index contributed by atoms with van der Waals surface area (Å²) in [5.41, 5.74) is 0.190. The number of hydrogen-bond donors (Lipinski definition) is 0. The molecule has 0 N–H and O–H groups in total. The Kier molecular flexibility index (Phi) is 6.98. The molecule has 0 fully saturated rings. The Balaban J connectivity index is 2.62. The summed E-state index contributed by atoms with van der Waals surface area (Å²) in [6.07, 6.45) is 12.4. The van der Waals surface area contributed by atoms with Crippen molar-refractivity contribution in [3.8, 4) is 0 Å². The monoisotopic (exact) mass is 314 g/mol. The summed E-state index contributed by atoms with van der Waals surface area (Å²) in [4.78, 5) is 0. The topological polar surface area (TPSA) is 17.8 Å². The second kappa shape index (κ2) is 7.98. The molecule has 1 rings (SSSR count). The standard InChI is InChI=1S/C15H27BrN2/c1-4-6-8-9-12-15(3,11-7-5-2)18-13-10-14(16)17-18/h10,13H,4-9,11-12H2,1-3H3. The molecule has 1 aromatic rings. The Bertz CT molecular complexity index is 335. The molecule has 0 saturated heterocycles. The third kappa shape index (κ3) is 4.75. The van der Waals surface area contributed by atoms with Crippen molar-refractivity contribution in [2.24, 2.45) is 0 Å². The molecule has 0 amide bonds. The lowest BCUT2D eigenvalue weighted by Crippen LogP contribution is -2.30. The highest BCUT2D eigenvalue weighted by Crippen LogP contribution is 2.29. The number of rotatable bonds is 9. The molecule has 0 aliphatic carbocycles. The summed E-state index contributed by atoms with van der Waals surface area (Å²) >= 11 is 3.45. The SMILES string of the molecule is CCCCCCC(C)(CCCC)n1ccc(Br)n1. The van der Waals surface area contributed by atoms with Crippen LogP contribution >= 0.6 is 15.9 Å². The van der Waals surface area contributed by atoms with Gasteiger partial charge in [-0.2, -0.15) is 5.10 Å². The van der Waals surface area contributed by atoms with Crippen molar-refractivity contribution >= 4 is 15.9 Å². The smallest absolute Gasteiger partial charge is 0.128 e. The molecule has 0 aliphatic rings. The normalized spacial score (nSPS) is 14.7. The molecule has 1 aromatic heterocycles. The van der Waals surface area contributed by atoms with Gasteiger partial charge in [-0.15, -0.1) is 0 Å². The first-order valence-corrected chi connectivity index (χ1v) is 8.13. The number of unbranched alkanes of at least 4 members (excludes halogenated alkanes) is 4. The van der Waals surface area contributed by atoms with Gasteiger partial charge in [0.1, 0.15) is 4.60 Å². The molecular formula is C15H27BrN2. The molecule has 0 radical (unpaired) electrons. The minimum atomic E-state index is 0.190. The van der Waals surface area contributed by atoms with Crippen LogP contribution in [0.3, 0.4) is 0 Å². The average Bonchev–Trinajstić information content (AvgIpc) is 2.80. The first-order chi connectivity index (χ1) is 8.62.